The van der Waals surface area contributed by atoms with E-state index in [9.17, 15) is 9.59 Å². The minimum atomic E-state index is -0.0900. The Hall–Kier alpha value is -2.10. The van der Waals surface area contributed by atoms with Crippen LogP contribution >= 0.6 is 0 Å². The minimum absolute atomic E-state index is 0.0900. The highest BCUT2D eigenvalue weighted by atomic mass is 16.1. The Balaban J connectivity index is 1.80. The van der Waals surface area contributed by atoms with Gasteiger partial charge in [-0.05, 0) is 55.9 Å². The van der Waals surface area contributed by atoms with Crippen molar-refractivity contribution in [2.45, 2.75) is 39.0 Å². The molecule has 1 aliphatic heterocycles. The second-order valence-electron chi connectivity index (χ2n) is 6.13. The third kappa shape index (κ3) is 3.21. The number of nitrogens with one attached hydrogen (secondary N) is 1. The number of ketones is 1. The lowest BCUT2D eigenvalue weighted by molar-refractivity contribution is -0.114. The fourth-order valence-electron chi connectivity index (χ4n) is 3.25. The summed E-state index contributed by atoms with van der Waals surface area (Å²) in [5, 5.41) is 2.77. The molecular weight excluding hydrogens is 276 g/mol. The van der Waals surface area contributed by atoms with E-state index in [0.717, 1.165) is 48.3 Å². The quantitative estimate of drug-likeness (QED) is 0.853. The zero-order valence-electron chi connectivity index (χ0n) is 13.0. The predicted molar refractivity (Wildman–Crippen MR) is 86.9 cm³/mol. The van der Waals surface area contributed by atoms with Crippen LogP contribution in [-0.2, 0) is 11.2 Å². The Bertz CT molecular complexity index is 628. The smallest absolute Gasteiger partial charge is 0.221 e. The molecule has 116 valence electrons. The molecule has 1 amide bonds. The minimum Gasteiger partial charge on any atom is -0.377 e. The van der Waals surface area contributed by atoms with Crippen LogP contribution in [0.1, 0.15) is 48.5 Å². The number of benzene rings is 1. The zero-order valence-corrected chi connectivity index (χ0v) is 13.0. The van der Waals surface area contributed by atoms with Crippen LogP contribution in [-0.4, -0.2) is 29.7 Å². The first-order valence-electron chi connectivity index (χ1n) is 8.03. The summed E-state index contributed by atoms with van der Waals surface area (Å²) in [6.07, 6.45) is 7.44. The lowest BCUT2D eigenvalue weighted by Crippen LogP contribution is -2.26. The molecule has 1 aromatic rings. The number of likely N-dealkylation sites (tertiary alicyclic amines) is 1. The molecule has 3 rings (SSSR count). The number of Topliss-reactive ketones (excluding diaryl/α,β-unsaturated/α-hetero) is 1. The summed E-state index contributed by atoms with van der Waals surface area (Å²) in [4.78, 5) is 26.1. The van der Waals surface area contributed by atoms with Crippen molar-refractivity contribution in [3.8, 4) is 0 Å². The van der Waals surface area contributed by atoms with Crippen molar-refractivity contribution in [2.24, 2.45) is 0 Å². The lowest BCUT2D eigenvalue weighted by Gasteiger charge is -2.27. The van der Waals surface area contributed by atoms with Crippen molar-refractivity contribution in [1.82, 2.24) is 4.90 Å². The number of anilines is 1. The molecule has 1 heterocycles. The van der Waals surface area contributed by atoms with Gasteiger partial charge in [0.15, 0.2) is 5.78 Å². The van der Waals surface area contributed by atoms with E-state index >= 15 is 0 Å². The van der Waals surface area contributed by atoms with E-state index in [0.29, 0.717) is 0 Å². The van der Waals surface area contributed by atoms with Crippen LogP contribution in [0.25, 0.3) is 0 Å². The van der Waals surface area contributed by atoms with Gasteiger partial charge in [0, 0.05) is 43.0 Å². The van der Waals surface area contributed by atoms with E-state index in [-0.39, 0.29) is 11.7 Å². The first-order valence-corrected chi connectivity index (χ1v) is 8.03. The molecule has 1 fully saturated rings. The number of carbonyl (C=O) groups is 2. The largest absolute Gasteiger partial charge is 0.377 e. The van der Waals surface area contributed by atoms with Crippen molar-refractivity contribution < 1.29 is 9.59 Å². The molecule has 0 radical (unpaired) electrons. The van der Waals surface area contributed by atoms with Gasteiger partial charge in [-0.15, -0.1) is 0 Å². The average Bonchev–Trinajstić information content (AvgIpc) is 2.50. The van der Waals surface area contributed by atoms with Gasteiger partial charge >= 0.3 is 0 Å². The summed E-state index contributed by atoms with van der Waals surface area (Å²) >= 11 is 0. The Morgan fingerprint density at radius 3 is 2.68 bits per heavy atom. The maximum atomic E-state index is 12.6. The van der Waals surface area contributed by atoms with Crippen LogP contribution in [0.4, 0.5) is 5.69 Å². The molecule has 2 aliphatic rings. The molecule has 4 nitrogen and oxygen atoms in total. The standard InChI is InChI=1S/C18H22N2O2/c1-13(21)19-16-7-8-17-14(11-16)5-6-15(18(17)22)12-20-9-3-2-4-10-20/h7-8,11-12H,2-6,9-10H2,1H3,(H,19,21)/b15-12+. The molecule has 1 N–H and O–H groups in total. The van der Waals surface area contributed by atoms with Gasteiger partial charge in [-0.3, -0.25) is 9.59 Å². The number of hydrogen-bond acceptors (Lipinski definition) is 3. The van der Waals surface area contributed by atoms with Gasteiger partial charge in [0.1, 0.15) is 0 Å². The maximum Gasteiger partial charge on any atom is 0.221 e. The van der Waals surface area contributed by atoms with E-state index < -0.39 is 0 Å². The number of rotatable bonds is 2. The second-order valence-corrected chi connectivity index (χ2v) is 6.13. The third-order valence-electron chi connectivity index (χ3n) is 4.35. The summed E-state index contributed by atoms with van der Waals surface area (Å²) in [5.41, 5.74) is 3.50. The van der Waals surface area contributed by atoms with E-state index in [1.54, 1.807) is 0 Å². The van der Waals surface area contributed by atoms with E-state index in [1.165, 1.54) is 26.2 Å². The topological polar surface area (TPSA) is 49.4 Å². The van der Waals surface area contributed by atoms with Crippen molar-refractivity contribution in [3.05, 3.63) is 41.1 Å². The van der Waals surface area contributed by atoms with Gasteiger partial charge in [-0.25, -0.2) is 0 Å². The molecule has 22 heavy (non-hydrogen) atoms. The molecule has 0 aromatic heterocycles. The van der Waals surface area contributed by atoms with E-state index in [2.05, 4.69) is 16.4 Å². The molecule has 0 saturated carbocycles. The molecule has 0 unspecified atom stereocenters. The van der Waals surface area contributed by atoms with Gasteiger partial charge < -0.3 is 10.2 Å². The van der Waals surface area contributed by atoms with Crippen LogP contribution in [0.3, 0.4) is 0 Å². The number of nitrogens with zero attached hydrogens (tertiary/aromatic N) is 1. The van der Waals surface area contributed by atoms with Crippen LogP contribution in [0.15, 0.2) is 30.0 Å². The Kier molecular flexibility index (Phi) is 4.27. The van der Waals surface area contributed by atoms with Crippen molar-refractivity contribution >= 4 is 17.4 Å². The molecule has 0 atom stereocenters. The van der Waals surface area contributed by atoms with Gasteiger partial charge in [0.05, 0.1) is 0 Å². The normalized spacial score (nSPS) is 20.0. The molecule has 0 spiro atoms. The summed E-state index contributed by atoms with van der Waals surface area (Å²) < 4.78 is 0. The number of hydrogen-bond donors (Lipinski definition) is 1. The maximum absolute atomic E-state index is 12.6. The third-order valence-corrected chi connectivity index (χ3v) is 4.35. The number of fused-ring (bicyclic) bond motifs is 1. The van der Waals surface area contributed by atoms with Crippen molar-refractivity contribution in [2.75, 3.05) is 18.4 Å². The lowest BCUT2D eigenvalue weighted by atomic mass is 9.87. The molecule has 1 aromatic carbocycles. The molecule has 4 heteroatoms. The predicted octanol–water partition coefficient (Wildman–Crippen LogP) is 3.14. The second kappa shape index (κ2) is 6.34. The van der Waals surface area contributed by atoms with Gasteiger partial charge in [0.2, 0.25) is 5.91 Å². The highest BCUT2D eigenvalue weighted by molar-refractivity contribution is 6.11. The number of piperidine rings is 1. The Labute approximate surface area is 131 Å². The summed E-state index contributed by atoms with van der Waals surface area (Å²) in [6.45, 7) is 3.61. The number of allylic oxidation sites excluding steroid dienone is 1. The van der Waals surface area contributed by atoms with Gasteiger partial charge in [-0.2, -0.15) is 0 Å². The first kappa shape index (κ1) is 14.8. The monoisotopic (exact) mass is 298 g/mol. The average molecular weight is 298 g/mol. The van der Waals surface area contributed by atoms with Gasteiger partial charge in [-0.1, -0.05) is 0 Å². The zero-order chi connectivity index (χ0) is 15.5. The summed E-state index contributed by atoms with van der Waals surface area (Å²) in [6, 6.07) is 5.57. The Morgan fingerprint density at radius 1 is 1.18 bits per heavy atom. The SMILES string of the molecule is CC(=O)Nc1ccc2c(c1)CC/C(=C\N1CCCCC1)C2=O. The van der Waals surface area contributed by atoms with E-state index in [4.69, 9.17) is 0 Å². The summed E-state index contributed by atoms with van der Waals surface area (Å²) in [7, 11) is 0. The summed E-state index contributed by atoms with van der Waals surface area (Å²) in [5.74, 6) is 0.0500. The van der Waals surface area contributed by atoms with Crippen LogP contribution in [0.5, 0.6) is 0 Å². The first-order chi connectivity index (χ1) is 10.6. The molecule has 0 bridgehead atoms. The fraction of sp³-hybridized carbons (Fsp3) is 0.444. The van der Waals surface area contributed by atoms with Crippen LogP contribution < -0.4 is 5.32 Å². The van der Waals surface area contributed by atoms with E-state index in [1.807, 2.05) is 18.2 Å². The van der Waals surface area contributed by atoms with Gasteiger partial charge in [0.25, 0.3) is 0 Å². The molecule has 1 saturated heterocycles. The molecule has 1 aliphatic carbocycles. The highest BCUT2D eigenvalue weighted by Gasteiger charge is 2.23. The molecular formula is C18H22N2O2. The number of amides is 1. The number of aryl methyl sites for hydroxylation is 1. The highest BCUT2D eigenvalue weighted by Crippen LogP contribution is 2.28. The number of carbonyl (C=O) groups excluding carboxylic acids is 2. The van der Waals surface area contributed by atoms with Crippen LogP contribution in [0.2, 0.25) is 0 Å². The van der Waals surface area contributed by atoms with Crippen LogP contribution in [0, 0.1) is 0 Å². The van der Waals surface area contributed by atoms with Crippen molar-refractivity contribution in [1.29, 1.82) is 0 Å². The van der Waals surface area contributed by atoms with Crippen molar-refractivity contribution in [3.63, 3.8) is 0 Å². The Morgan fingerprint density at radius 2 is 1.95 bits per heavy atom. The fourth-order valence-corrected chi connectivity index (χ4v) is 3.25.